The molecule has 2 aromatic heterocycles. The molecule has 3 N–H and O–H groups in total. The normalized spacial score (nSPS) is 19.0. The Labute approximate surface area is 185 Å². The second-order valence-corrected chi connectivity index (χ2v) is 8.59. The van der Waals surface area contributed by atoms with Crippen LogP contribution in [0, 0.1) is 5.92 Å². The molecular weight excluding hydrogens is 412 g/mol. The first kappa shape index (κ1) is 19.9. The van der Waals surface area contributed by atoms with Crippen LogP contribution in [0.4, 0.5) is 11.6 Å². The Hall–Kier alpha value is -2.99. The van der Waals surface area contributed by atoms with Crippen LogP contribution in [0.2, 0.25) is 5.02 Å². The third-order valence-corrected chi connectivity index (χ3v) is 6.52. The Morgan fingerprint density at radius 1 is 1.16 bits per heavy atom. The van der Waals surface area contributed by atoms with Crippen molar-refractivity contribution in [3.63, 3.8) is 0 Å². The number of aromatic nitrogens is 3. The van der Waals surface area contributed by atoms with Gasteiger partial charge in [0.25, 0.3) is 0 Å². The zero-order valence-corrected chi connectivity index (χ0v) is 18.1. The zero-order valence-electron chi connectivity index (χ0n) is 17.4. The first-order valence-electron chi connectivity index (χ1n) is 10.8. The second-order valence-electron chi connectivity index (χ2n) is 8.18. The third-order valence-electron chi connectivity index (χ3n) is 6.21. The summed E-state index contributed by atoms with van der Waals surface area (Å²) in [7, 11) is 0. The molecule has 4 aromatic rings. The van der Waals surface area contributed by atoms with E-state index in [-0.39, 0.29) is 11.9 Å². The lowest BCUT2D eigenvalue weighted by Crippen LogP contribution is -2.23. The standard InChI is InChI=1S/C24H25ClN4O2/c1-2-31-23(30)15-5-3-14(4-6-15)16-7-8-20-22(11-16)29-24(28-20)27-17-12-19(25)18-9-10-26-21(18)13-17/h7-15,26H,2-6H2,1H3,(H2,27,28,29). The number of imidazole rings is 1. The van der Waals surface area contributed by atoms with Gasteiger partial charge in [-0.3, -0.25) is 4.79 Å². The van der Waals surface area contributed by atoms with E-state index >= 15 is 0 Å². The second kappa shape index (κ2) is 8.27. The van der Waals surface area contributed by atoms with Gasteiger partial charge in [0.05, 0.1) is 28.6 Å². The number of ether oxygens (including phenoxy) is 1. The number of anilines is 2. The van der Waals surface area contributed by atoms with Crippen molar-refractivity contribution in [2.75, 3.05) is 11.9 Å². The minimum absolute atomic E-state index is 0.0432. The molecule has 2 heterocycles. The summed E-state index contributed by atoms with van der Waals surface area (Å²) in [5, 5.41) is 5.01. The highest BCUT2D eigenvalue weighted by Crippen LogP contribution is 2.37. The fraction of sp³-hybridized carbons (Fsp3) is 0.333. The van der Waals surface area contributed by atoms with Crippen molar-refractivity contribution in [2.45, 2.75) is 38.5 Å². The number of fused-ring (bicyclic) bond motifs is 2. The lowest BCUT2D eigenvalue weighted by atomic mass is 9.78. The number of carbonyl (C=O) groups excluding carboxylic acids is 1. The van der Waals surface area contributed by atoms with E-state index in [0.717, 1.165) is 53.3 Å². The molecule has 0 saturated heterocycles. The average Bonchev–Trinajstić information content (AvgIpc) is 3.40. The Morgan fingerprint density at radius 2 is 2.00 bits per heavy atom. The lowest BCUT2D eigenvalue weighted by Gasteiger charge is -2.27. The molecule has 1 saturated carbocycles. The number of hydrogen-bond donors (Lipinski definition) is 3. The van der Waals surface area contributed by atoms with Crippen molar-refractivity contribution in [3.05, 3.63) is 53.2 Å². The van der Waals surface area contributed by atoms with Crippen molar-refractivity contribution in [2.24, 2.45) is 5.92 Å². The van der Waals surface area contributed by atoms with Crippen LogP contribution < -0.4 is 5.32 Å². The highest BCUT2D eigenvalue weighted by atomic mass is 35.5. The van der Waals surface area contributed by atoms with E-state index in [0.29, 0.717) is 23.5 Å². The number of nitrogens with zero attached hydrogens (tertiary/aromatic N) is 1. The summed E-state index contributed by atoms with van der Waals surface area (Å²) in [6.07, 6.45) is 5.66. The monoisotopic (exact) mass is 436 g/mol. The Kier molecular flexibility index (Phi) is 5.32. The predicted octanol–water partition coefficient (Wildman–Crippen LogP) is 6.28. The van der Waals surface area contributed by atoms with E-state index in [1.54, 1.807) is 0 Å². The van der Waals surface area contributed by atoms with E-state index < -0.39 is 0 Å². The van der Waals surface area contributed by atoms with Crippen molar-refractivity contribution < 1.29 is 9.53 Å². The number of esters is 1. The molecular formula is C24H25ClN4O2. The van der Waals surface area contributed by atoms with Gasteiger partial charge < -0.3 is 20.0 Å². The summed E-state index contributed by atoms with van der Waals surface area (Å²) in [5.74, 6) is 1.15. The van der Waals surface area contributed by atoms with E-state index in [2.05, 4.69) is 38.5 Å². The van der Waals surface area contributed by atoms with Crippen LogP contribution in [-0.2, 0) is 9.53 Å². The van der Waals surface area contributed by atoms with Crippen molar-refractivity contribution >= 4 is 51.1 Å². The van der Waals surface area contributed by atoms with Crippen molar-refractivity contribution in [1.82, 2.24) is 15.0 Å². The maximum atomic E-state index is 12.0. The Balaban J connectivity index is 1.31. The first-order chi connectivity index (χ1) is 15.1. The maximum absolute atomic E-state index is 12.0. The highest BCUT2D eigenvalue weighted by Gasteiger charge is 2.28. The fourth-order valence-corrected chi connectivity index (χ4v) is 4.88. The molecule has 0 spiro atoms. The van der Waals surface area contributed by atoms with E-state index in [4.69, 9.17) is 16.3 Å². The smallest absolute Gasteiger partial charge is 0.308 e. The lowest BCUT2D eigenvalue weighted by molar-refractivity contribution is -0.149. The van der Waals surface area contributed by atoms with E-state index in [1.807, 2.05) is 31.3 Å². The molecule has 7 heteroatoms. The molecule has 0 amide bonds. The molecule has 0 bridgehead atoms. The first-order valence-corrected chi connectivity index (χ1v) is 11.2. The summed E-state index contributed by atoms with van der Waals surface area (Å²) >= 11 is 6.38. The summed E-state index contributed by atoms with van der Waals surface area (Å²) in [5.41, 5.74) is 5.06. The molecule has 0 aliphatic heterocycles. The Bertz CT molecular complexity index is 1240. The number of aromatic amines is 2. The van der Waals surface area contributed by atoms with Crippen LogP contribution in [0.25, 0.3) is 21.9 Å². The highest BCUT2D eigenvalue weighted by molar-refractivity contribution is 6.35. The van der Waals surface area contributed by atoms with Gasteiger partial charge in [0.15, 0.2) is 0 Å². The van der Waals surface area contributed by atoms with Crippen LogP contribution >= 0.6 is 11.6 Å². The molecule has 1 aliphatic carbocycles. The third kappa shape index (κ3) is 4.00. The molecule has 5 rings (SSSR count). The minimum atomic E-state index is -0.0432. The number of H-pyrrole nitrogens is 2. The van der Waals surface area contributed by atoms with Gasteiger partial charge in [0, 0.05) is 22.8 Å². The van der Waals surface area contributed by atoms with Crippen LogP contribution in [0.3, 0.4) is 0 Å². The largest absolute Gasteiger partial charge is 0.466 e. The number of nitrogens with one attached hydrogen (secondary N) is 3. The summed E-state index contributed by atoms with van der Waals surface area (Å²) < 4.78 is 5.19. The van der Waals surface area contributed by atoms with Crippen LogP contribution in [0.1, 0.15) is 44.1 Å². The van der Waals surface area contributed by atoms with Crippen LogP contribution in [0.5, 0.6) is 0 Å². The topological polar surface area (TPSA) is 82.8 Å². The molecule has 0 radical (unpaired) electrons. The minimum Gasteiger partial charge on any atom is -0.466 e. The molecule has 2 aromatic carbocycles. The van der Waals surface area contributed by atoms with Crippen molar-refractivity contribution in [1.29, 1.82) is 0 Å². The number of benzene rings is 2. The Morgan fingerprint density at radius 3 is 2.81 bits per heavy atom. The van der Waals surface area contributed by atoms with E-state index in [1.165, 1.54) is 5.56 Å². The number of halogens is 1. The fourth-order valence-electron chi connectivity index (χ4n) is 4.59. The number of carbonyl (C=O) groups is 1. The molecule has 1 fully saturated rings. The zero-order chi connectivity index (χ0) is 21.4. The van der Waals surface area contributed by atoms with Gasteiger partial charge in [-0.2, -0.15) is 0 Å². The van der Waals surface area contributed by atoms with Crippen molar-refractivity contribution in [3.8, 4) is 0 Å². The summed E-state index contributed by atoms with van der Waals surface area (Å²) in [4.78, 5) is 23.2. The molecule has 31 heavy (non-hydrogen) atoms. The molecule has 160 valence electrons. The van der Waals surface area contributed by atoms with Gasteiger partial charge in [-0.1, -0.05) is 17.7 Å². The molecule has 1 aliphatic rings. The van der Waals surface area contributed by atoms with Crippen LogP contribution in [-0.4, -0.2) is 27.5 Å². The van der Waals surface area contributed by atoms with Gasteiger partial charge in [-0.15, -0.1) is 0 Å². The molecule has 6 nitrogen and oxygen atoms in total. The average molecular weight is 437 g/mol. The van der Waals surface area contributed by atoms with E-state index in [9.17, 15) is 4.79 Å². The maximum Gasteiger partial charge on any atom is 0.308 e. The number of rotatable bonds is 5. The summed E-state index contributed by atoms with van der Waals surface area (Å²) in [6, 6.07) is 12.3. The SMILES string of the molecule is CCOC(=O)C1CCC(c2ccc3nc(Nc4cc(Cl)c5cc[nH]c5c4)[nH]c3c2)CC1. The van der Waals surface area contributed by atoms with Gasteiger partial charge >= 0.3 is 5.97 Å². The van der Waals surface area contributed by atoms with Crippen LogP contribution in [0.15, 0.2) is 42.6 Å². The van der Waals surface area contributed by atoms with Gasteiger partial charge in [0.2, 0.25) is 5.95 Å². The van der Waals surface area contributed by atoms with Gasteiger partial charge in [0.1, 0.15) is 0 Å². The predicted molar refractivity (Wildman–Crippen MR) is 124 cm³/mol. The number of hydrogen-bond acceptors (Lipinski definition) is 4. The summed E-state index contributed by atoms with van der Waals surface area (Å²) in [6.45, 7) is 2.32. The van der Waals surface area contributed by atoms with Gasteiger partial charge in [-0.25, -0.2) is 4.98 Å². The van der Waals surface area contributed by atoms with Gasteiger partial charge in [-0.05, 0) is 74.4 Å². The molecule has 0 unspecified atom stereocenters. The molecule has 0 atom stereocenters. The quantitative estimate of drug-likeness (QED) is 0.321.